The minimum Gasteiger partial charge on any atom is -0.452 e. The van der Waals surface area contributed by atoms with Gasteiger partial charge in [0.1, 0.15) is 0 Å². The molecule has 2 atom stereocenters. The molecule has 2 amide bonds. The molecule has 1 aliphatic heterocycles. The summed E-state index contributed by atoms with van der Waals surface area (Å²) in [6.07, 6.45) is 3.48. The monoisotopic (exact) mass is 392 g/mol. The lowest BCUT2D eigenvalue weighted by Crippen LogP contribution is -2.36. The Balaban J connectivity index is 1.55. The molecule has 1 aliphatic carbocycles. The summed E-state index contributed by atoms with van der Waals surface area (Å²) in [5, 5.41) is 3.28. The van der Waals surface area contributed by atoms with E-state index in [1.807, 2.05) is 4.90 Å². The first-order chi connectivity index (χ1) is 12.9. The number of carbonyl (C=O) groups excluding carboxylic acids is 3. The van der Waals surface area contributed by atoms with Gasteiger partial charge in [-0.3, -0.25) is 14.4 Å². The van der Waals surface area contributed by atoms with Crippen LogP contribution in [0.2, 0.25) is 5.02 Å². The van der Waals surface area contributed by atoms with Crippen LogP contribution in [-0.4, -0.2) is 41.4 Å². The van der Waals surface area contributed by atoms with Crippen LogP contribution in [0.1, 0.15) is 44.6 Å². The molecule has 0 bridgehead atoms. The molecule has 0 spiro atoms. The van der Waals surface area contributed by atoms with Gasteiger partial charge in [-0.25, -0.2) is 0 Å². The van der Waals surface area contributed by atoms with Crippen LogP contribution in [0.4, 0.5) is 5.69 Å². The molecule has 1 N–H and O–H groups in total. The molecule has 146 valence electrons. The number of ether oxygens (including phenoxy) is 1. The van der Waals surface area contributed by atoms with Crippen LogP contribution in [0.5, 0.6) is 0 Å². The van der Waals surface area contributed by atoms with E-state index in [1.54, 1.807) is 25.1 Å². The zero-order valence-corrected chi connectivity index (χ0v) is 16.4. The molecule has 1 saturated heterocycles. The molecule has 1 aromatic carbocycles. The van der Waals surface area contributed by atoms with Crippen LogP contribution >= 0.6 is 11.6 Å². The fourth-order valence-electron chi connectivity index (χ4n) is 3.76. The predicted octanol–water partition coefficient (Wildman–Crippen LogP) is 3.31. The number of carbonyl (C=O) groups is 3. The van der Waals surface area contributed by atoms with Crippen molar-refractivity contribution in [3.05, 3.63) is 28.8 Å². The van der Waals surface area contributed by atoms with Crippen molar-refractivity contribution in [1.29, 1.82) is 0 Å². The van der Waals surface area contributed by atoms with Crippen molar-refractivity contribution in [2.45, 2.75) is 58.1 Å². The van der Waals surface area contributed by atoms with E-state index < -0.39 is 23.9 Å². The van der Waals surface area contributed by atoms with Gasteiger partial charge in [-0.15, -0.1) is 0 Å². The third-order valence-corrected chi connectivity index (χ3v) is 5.85. The average Bonchev–Trinajstić information content (AvgIpc) is 3.28. The van der Waals surface area contributed by atoms with Gasteiger partial charge in [-0.2, -0.15) is 0 Å². The van der Waals surface area contributed by atoms with Crippen molar-refractivity contribution in [1.82, 2.24) is 4.90 Å². The van der Waals surface area contributed by atoms with Gasteiger partial charge in [0.15, 0.2) is 6.10 Å². The molecule has 2 aliphatic rings. The Morgan fingerprint density at radius 2 is 2.00 bits per heavy atom. The molecule has 3 rings (SSSR count). The number of hydrogen-bond donors (Lipinski definition) is 1. The third kappa shape index (κ3) is 4.43. The molecule has 6 nitrogen and oxygen atoms in total. The molecular formula is C20H25ClN2O4. The Morgan fingerprint density at radius 1 is 1.30 bits per heavy atom. The minimum atomic E-state index is -0.952. The summed E-state index contributed by atoms with van der Waals surface area (Å²) in [5.74, 6) is -1.41. The van der Waals surface area contributed by atoms with E-state index >= 15 is 0 Å². The number of anilines is 1. The smallest absolute Gasteiger partial charge is 0.312 e. The second kappa shape index (κ2) is 8.30. The normalized spacial score (nSPS) is 21.4. The van der Waals surface area contributed by atoms with Crippen LogP contribution < -0.4 is 5.32 Å². The van der Waals surface area contributed by atoms with Crippen LogP contribution in [0.25, 0.3) is 0 Å². The number of halogens is 1. The van der Waals surface area contributed by atoms with E-state index in [4.69, 9.17) is 16.3 Å². The molecule has 27 heavy (non-hydrogen) atoms. The number of nitrogens with zero attached hydrogens (tertiary/aromatic N) is 1. The van der Waals surface area contributed by atoms with E-state index in [1.165, 1.54) is 6.92 Å². The molecule has 0 radical (unpaired) electrons. The highest BCUT2D eigenvalue weighted by Crippen LogP contribution is 2.30. The Labute approximate surface area is 164 Å². The van der Waals surface area contributed by atoms with Crippen LogP contribution in [0.15, 0.2) is 18.2 Å². The Morgan fingerprint density at radius 3 is 2.70 bits per heavy atom. The highest BCUT2D eigenvalue weighted by atomic mass is 35.5. The largest absolute Gasteiger partial charge is 0.452 e. The first-order valence-corrected chi connectivity index (χ1v) is 9.80. The standard InChI is InChI=1S/C20H25ClN2O4/c1-12-16(21)8-5-9-17(12)22-19(25)13(2)27-20(26)14-10-18(24)23(11-14)15-6-3-4-7-15/h5,8-9,13-15H,3-4,6-7,10-11H2,1-2H3,(H,22,25)/t13-,14-/m0/s1. The maximum atomic E-state index is 12.4. The van der Waals surface area contributed by atoms with Gasteiger partial charge >= 0.3 is 5.97 Å². The Kier molecular flexibility index (Phi) is 6.05. The van der Waals surface area contributed by atoms with Crippen molar-refractivity contribution in [2.75, 3.05) is 11.9 Å². The molecule has 0 unspecified atom stereocenters. The zero-order chi connectivity index (χ0) is 19.6. The number of esters is 1. The van der Waals surface area contributed by atoms with E-state index in [2.05, 4.69) is 5.32 Å². The van der Waals surface area contributed by atoms with Gasteiger partial charge in [-0.05, 0) is 44.4 Å². The van der Waals surface area contributed by atoms with Crippen molar-refractivity contribution >= 4 is 35.1 Å². The summed E-state index contributed by atoms with van der Waals surface area (Å²) in [6.45, 7) is 3.72. The number of amides is 2. The SMILES string of the molecule is Cc1c(Cl)cccc1NC(=O)[C@H](C)OC(=O)[C@H]1CC(=O)N(C2CCCC2)C1. The molecule has 1 aromatic rings. The summed E-state index contributed by atoms with van der Waals surface area (Å²) in [4.78, 5) is 38.8. The van der Waals surface area contributed by atoms with E-state index in [9.17, 15) is 14.4 Å². The van der Waals surface area contributed by atoms with Crippen molar-refractivity contribution < 1.29 is 19.1 Å². The second-order valence-corrected chi connectivity index (χ2v) is 7.77. The summed E-state index contributed by atoms with van der Waals surface area (Å²) in [5.41, 5.74) is 1.33. The third-order valence-electron chi connectivity index (χ3n) is 5.44. The summed E-state index contributed by atoms with van der Waals surface area (Å²) >= 11 is 6.06. The van der Waals surface area contributed by atoms with Gasteiger partial charge in [0.25, 0.3) is 5.91 Å². The maximum absolute atomic E-state index is 12.4. The lowest BCUT2D eigenvalue weighted by molar-refractivity contribution is -0.157. The molecule has 2 fully saturated rings. The predicted molar refractivity (Wildman–Crippen MR) is 102 cm³/mol. The number of hydrogen-bond acceptors (Lipinski definition) is 4. The lowest BCUT2D eigenvalue weighted by Gasteiger charge is -2.24. The first kappa shape index (κ1) is 19.7. The number of likely N-dealkylation sites (tertiary alicyclic amines) is 1. The van der Waals surface area contributed by atoms with Crippen molar-refractivity contribution in [2.24, 2.45) is 5.92 Å². The number of rotatable bonds is 5. The van der Waals surface area contributed by atoms with E-state index in [0.29, 0.717) is 17.3 Å². The summed E-state index contributed by atoms with van der Waals surface area (Å²) in [6, 6.07) is 5.47. The fraction of sp³-hybridized carbons (Fsp3) is 0.550. The van der Waals surface area contributed by atoms with Crippen molar-refractivity contribution in [3.63, 3.8) is 0 Å². The quantitative estimate of drug-likeness (QED) is 0.780. The Bertz CT molecular complexity index is 745. The Hall–Kier alpha value is -2.08. The van der Waals surface area contributed by atoms with Crippen LogP contribution in [-0.2, 0) is 19.1 Å². The second-order valence-electron chi connectivity index (χ2n) is 7.37. The summed E-state index contributed by atoms with van der Waals surface area (Å²) in [7, 11) is 0. The van der Waals surface area contributed by atoms with E-state index in [0.717, 1.165) is 31.2 Å². The van der Waals surface area contributed by atoms with Gasteiger partial charge in [0.05, 0.1) is 5.92 Å². The lowest BCUT2D eigenvalue weighted by atomic mass is 10.1. The first-order valence-electron chi connectivity index (χ1n) is 9.42. The van der Waals surface area contributed by atoms with Gasteiger partial charge < -0.3 is 15.0 Å². The summed E-state index contributed by atoms with van der Waals surface area (Å²) < 4.78 is 5.33. The fourth-order valence-corrected chi connectivity index (χ4v) is 3.93. The van der Waals surface area contributed by atoms with Gasteiger partial charge in [0, 0.05) is 29.7 Å². The molecule has 7 heteroatoms. The highest BCUT2D eigenvalue weighted by molar-refractivity contribution is 6.31. The average molecular weight is 393 g/mol. The zero-order valence-electron chi connectivity index (χ0n) is 15.7. The molecule has 1 heterocycles. The van der Waals surface area contributed by atoms with Crippen molar-refractivity contribution in [3.8, 4) is 0 Å². The van der Waals surface area contributed by atoms with Crippen LogP contribution in [0, 0.1) is 12.8 Å². The van der Waals surface area contributed by atoms with Gasteiger partial charge in [0.2, 0.25) is 5.91 Å². The molecule has 0 aromatic heterocycles. The van der Waals surface area contributed by atoms with Crippen LogP contribution in [0.3, 0.4) is 0 Å². The minimum absolute atomic E-state index is 0.00973. The molecule has 1 saturated carbocycles. The molecular weight excluding hydrogens is 368 g/mol. The maximum Gasteiger partial charge on any atom is 0.312 e. The van der Waals surface area contributed by atoms with E-state index in [-0.39, 0.29) is 18.4 Å². The highest BCUT2D eigenvalue weighted by Gasteiger charge is 2.40. The topological polar surface area (TPSA) is 75.7 Å². The number of benzene rings is 1. The van der Waals surface area contributed by atoms with Gasteiger partial charge in [-0.1, -0.05) is 30.5 Å². The number of nitrogens with one attached hydrogen (secondary N) is 1.